The Kier molecular flexibility index (Phi) is 3.61. The Labute approximate surface area is 132 Å². The number of benzene rings is 2. The molecule has 0 fully saturated rings. The van der Waals surface area contributed by atoms with Gasteiger partial charge in [-0.05, 0) is 57.9 Å². The van der Waals surface area contributed by atoms with Crippen molar-refractivity contribution in [3.63, 3.8) is 0 Å². The second-order valence-electron chi connectivity index (χ2n) is 6.24. The number of hydrogen-bond acceptors (Lipinski definition) is 1. The van der Waals surface area contributed by atoms with E-state index in [-0.39, 0.29) is 0 Å². The van der Waals surface area contributed by atoms with E-state index in [1.54, 1.807) is 0 Å². The Morgan fingerprint density at radius 2 is 1.27 bits per heavy atom. The number of aromatic nitrogens is 2. The minimum absolute atomic E-state index is 1.00. The van der Waals surface area contributed by atoms with Gasteiger partial charge in [-0.3, -0.25) is 4.57 Å². The lowest BCUT2D eigenvalue weighted by Gasteiger charge is -2.15. The van der Waals surface area contributed by atoms with Crippen molar-refractivity contribution >= 4 is 0 Å². The Morgan fingerprint density at radius 3 is 1.86 bits per heavy atom. The standard InChI is InChI=1S/C20H22N2/c1-13-8-14(2)12-18(11-13)20-21-6-7-22(20)19-16(4)9-15(3)10-17(19)5/h6-12H,1-5H3. The van der Waals surface area contributed by atoms with Gasteiger partial charge in [-0.1, -0.05) is 34.9 Å². The Hall–Kier alpha value is -2.35. The van der Waals surface area contributed by atoms with Crippen LogP contribution in [0.3, 0.4) is 0 Å². The first-order chi connectivity index (χ1) is 10.5. The smallest absolute Gasteiger partial charge is 0.144 e. The maximum atomic E-state index is 4.61. The highest BCUT2D eigenvalue weighted by atomic mass is 15.1. The molecule has 3 rings (SSSR count). The molecule has 22 heavy (non-hydrogen) atoms. The first-order valence-electron chi connectivity index (χ1n) is 7.66. The van der Waals surface area contributed by atoms with Crippen LogP contribution >= 0.6 is 0 Å². The van der Waals surface area contributed by atoms with Crippen LogP contribution in [-0.4, -0.2) is 9.55 Å². The fourth-order valence-electron chi connectivity index (χ4n) is 3.35. The monoisotopic (exact) mass is 290 g/mol. The van der Waals surface area contributed by atoms with Crippen molar-refractivity contribution in [2.45, 2.75) is 34.6 Å². The highest BCUT2D eigenvalue weighted by Crippen LogP contribution is 2.28. The highest BCUT2D eigenvalue weighted by molar-refractivity contribution is 5.63. The first kappa shape index (κ1) is 14.6. The average molecular weight is 290 g/mol. The Balaban J connectivity index is 2.22. The number of nitrogens with zero attached hydrogens (tertiary/aromatic N) is 2. The van der Waals surface area contributed by atoms with Crippen LogP contribution in [-0.2, 0) is 0 Å². The second kappa shape index (κ2) is 5.45. The van der Waals surface area contributed by atoms with E-state index in [1.165, 1.54) is 39.1 Å². The molecule has 2 aromatic carbocycles. The molecule has 3 aromatic rings. The molecule has 0 amide bonds. The molecule has 0 aliphatic heterocycles. The van der Waals surface area contributed by atoms with E-state index < -0.39 is 0 Å². The van der Waals surface area contributed by atoms with Gasteiger partial charge in [0.25, 0.3) is 0 Å². The van der Waals surface area contributed by atoms with Gasteiger partial charge in [0.05, 0.1) is 5.69 Å². The zero-order valence-corrected chi connectivity index (χ0v) is 13.9. The molecule has 1 aromatic heterocycles. The van der Waals surface area contributed by atoms with Gasteiger partial charge in [0.2, 0.25) is 0 Å². The summed E-state index contributed by atoms with van der Waals surface area (Å²) in [6.07, 6.45) is 3.93. The zero-order valence-electron chi connectivity index (χ0n) is 13.9. The quantitative estimate of drug-likeness (QED) is 0.643. The van der Waals surface area contributed by atoms with Crippen LogP contribution < -0.4 is 0 Å². The van der Waals surface area contributed by atoms with Crippen molar-refractivity contribution in [3.8, 4) is 17.1 Å². The summed E-state index contributed by atoms with van der Waals surface area (Å²) in [4.78, 5) is 4.61. The van der Waals surface area contributed by atoms with E-state index in [4.69, 9.17) is 0 Å². The zero-order chi connectivity index (χ0) is 15.9. The molecule has 0 saturated carbocycles. The summed E-state index contributed by atoms with van der Waals surface area (Å²) in [5.74, 6) is 1.00. The molecule has 0 saturated heterocycles. The molecule has 1 heterocycles. The molecule has 0 N–H and O–H groups in total. The minimum atomic E-state index is 1.00. The summed E-state index contributed by atoms with van der Waals surface area (Å²) < 4.78 is 2.21. The van der Waals surface area contributed by atoms with Gasteiger partial charge in [-0.2, -0.15) is 0 Å². The van der Waals surface area contributed by atoms with E-state index in [2.05, 4.69) is 80.7 Å². The summed E-state index contributed by atoms with van der Waals surface area (Å²) >= 11 is 0. The fourth-order valence-corrected chi connectivity index (χ4v) is 3.35. The maximum Gasteiger partial charge on any atom is 0.144 e. The van der Waals surface area contributed by atoms with Crippen molar-refractivity contribution < 1.29 is 0 Å². The topological polar surface area (TPSA) is 17.8 Å². The summed E-state index contributed by atoms with van der Waals surface area (Å²) in [5, 5.41) is 0. The third kappa shape index (κ3) is 2.57. The van der Waals surface area contributed by atoms with Crippen LogP contribution in [0.5, 0.6) is 0 Å². The molecule has 0 aliphatic carbocycles. The predicted molar refractivity (Wildman–Crippen MR) is 92.7 cm³/mol. The summed E-state index contributed by atoms with van der Waals surface area (Å²) in [6.45, 7) is 10.7. The van der Waals surface area contributed by atoms with Crippen LogP contribution in [0.4, 0.5) is 0 Å². The van der Waals surface area contributed by atoms with Gasteiger partial charge >= 0.3 is 0 Å². The molecule has 0 radical (unpaired) electrons. The lowest BCUT2D eigenvalue weighted by molar-refractivity contribution is 1.03. The maximum absolute atomic E-state index is 4.61. The van der Waals surface area contributed by atoms with E-state index in [9.17, 15) is 0 Å². The highest BCUT2D eigenvalue weighted by Gasteiger charge is 2.12. The van der Waals surface area contributed by atoms with Crippen LogP contribution in [0, 0.1) is 34.6 Å². The molecule has 0 bridgehead atoms. The number of imidazole rings is 1. The van der Waals surface area contributed by atoms with Crippen LogP contribution in [0.2, 0.25) is 0 Å². The average Bonchev–Trinajstić information content (AvgIpc) is 2.85. The lowest BCUT2D eigenvalue weighted by Crippen LogP contribution is -2.02. The van der Waals surface area contributed by atoms with Gasteiger partial charge in [-0.25, -0.2) is 4.98 Å². The lowest BCUT2D eigenvalue weighted by atomic mass is 10.0. The van der Waals surface area contributed by atoms with E-state index in [0.29, 0.717) is 0 Å². The largest absolute Gasteiger partial charge is 0.299 e. The van der Waals surface area contributed by atoms with Crippen molar-refractivity contribution in [1.29, 1.82) is 0 Å². The molecule has 0 spiro atoms. The van der Waals surface area contributed by atoms with E-state index >= 15 is 0 Å². The Bertz CT molecular complexity index is 797. The van der Waals surface area contributed by atoms with E-state index in [1.807, 2.05) is 6.20 Å². The number of rotatable bonds is 2. The van der Waals surface area contributed by atoms with Crippen LogP contribution in [0.15, 0.2) is 42.7 Å². The van der Waals surface area contributed by atoms with Gasteiger partial charge in [-0.15, -0.1) is 0 Å². The van der Waals surface area contributed by atoms with Crippen molar-refractivity contribution in [3.05, 3.63) is 70.5 Å². The molecule has 0 unspecified atom stereocenters. The van der Waals surface area contributed by atoms with Crippen molar-refractivity contribution in [2.75, 3.05) is 0 Å². The summed E-state index contributed by atoms with van der Waals surface area (Å²) in [6, 6.07) is 11.1. The van der Waals surface area contributed by atoms with Gasteiger partial charge in [0, 0.05) is 18.0 Å². The third-order valence-corrected chi connectivity index (χ3v) is 4.00. The Morgan fingerprint density at radius 1 is 0.727 bits per heavy atom. The van der Waals surface area contributed by atoms with Crippen LogP contribution in [0.1, 0.15) is 27.8 Å². The molecular weight excluding hydrogens is 268 g/mol. The molecular formula is C20H22N2. The van der Waals surface area contributed by atoms with Crippen molar-refractivity contribution in [1.82, 2.24) is 9.55 Å². The van der Waals surface area contributed by atoms with Crippen LogP contribution in [0.25, 0.3) is 17.1 Å². The number of hydrogen-bond donors (Lipinski definition) is 0. The SMILES string of the molecule is Cc1cc(C)cc(-c2nccn2-c2c(C)cc(C)cc2C)c1. The molecule has 2 nitrogen and oxygen atoms in total. The summed E-state index contributed by atoms with van der Waals surface area (Å²) in [5.41, 5.74) is 8.79. The molecule has 0 atom stereocenters. The van der Waals surface area contributed by atoms with Gasteiger partial charge < -0.3 is 0 Å². The molecule has 112 valence electrons. The molecule has 2 heteroatoms. The number of aryl methyl sites for hydroxylation is 5. The third-order valence-electron chi connectivity index (χ3n) is 4.00. The van der Waals surface area contributed by atoms with Crippen molar-refractivity contribution in [2.24, 2.45) is 0 Å². The normalized spacial score (nSPS) is 11.0. The van der Waals surface area contributed by atoms with Gasteiger partial charge in [0.1, 0.15) is 5.82 Å². The molecule has 0 aliphatic rings. The minimum Gasteiger partial charge on any atom is -0.299 e. The van der Waals surface area contributed by atoms with E-state index in [0.717, 1.165) is 5.82 Å². The fraction of sp³-hybridized carbons (Fsp3) is 0.250. The first-order valence-corrected chi connectivity index (χ1v) is 7.66. The second-order valence-corrected chi connectivity index (χ2v) is 6.24. The summed E-state index contributed by atoms with van der Waals surface area (Å²) in [7, 11) is 0. The van der Waals surface area contributed by atoms with Gasteiger partial charge in [0.15, 0.2) is 0 Å². The predicted octanol–water partition coefficient (Wildman–Crippen LogP) is 5.08.